The Balaban J connectivity index is 2.00. The van der Waals surface area contributed by atoms with Crippen LogP contribution in [0, 0.1) is 21.4 Å². The highest BCUT2D eigenvalue weighted by atomic mass is 16.7. The number of hydrogen-bond acceptors (Lipinski definition) is 8. The third-order valence-electron chi connectivity index (χ3n) is 4.27. The van der Waals surface area contributed by atoms with Gasteiger partial charge < -0.3 is 25.7 Å². The summed E-state index contributed by atoms with van der Waals surface area (Å²) >= 11 is 0. The van der Waals surface area contributed by atoms with Crippen molar-refractivity contribution in [2.45, 2.75) is 5.92 Å². The normalized spacial score (nSPS) is 17.3. The SMILES string of the molecule is N#CC1=C(N)Oc2cc(N)ccc2[C@H]1c1cc2c(cc1[N+](=O)[O-])OCO2. The third-order valence-corrected chi connectivity index (χ3v) is 4.27. The number of fused-ring (bicyclic) bond motifs is 2. The van der Waals surface area contributed by atoms with Gasteiger partial charge in [0, 0.05) is 22.9 Å². The van der Waals surface area contributed by atoms with Gasteiger partial charge in [-0.05, 0) is 12.1 Å². The molecule has 0 amide bonds. The third kappa shape index (κ3) is 2.24. The van der Waals surface area contributed by atoms with E-state index in [4.69, 9.17) is 25.7 Å². The second kappa shape index (κ2) is 5.56. The number of benzene rings is 2. The van der Waals surface area contributed by atoms with E-state index >= 15 is 0 Å². The number of nitriles is 1. The first-order valence-corrected chi connectivity index (χ1v) is 7.54. The number of nitro groups is 1. The largest absolute Gasteiger partial charge is 0.454 e. The standard InChI is InChI=1S/C17H12N4O5/c18-6-11-16(9-2-1-8(19)3-13(9)26-17(11)20)10-4-14-15(25-7-24-14)5-12(10)21(22)23/h1-5,16H,7,19-20H2/t16-/m0/s1. The van der Waals surface area contributed by atoms with E-state index in [9.17, 15) is 15.4 Å². The van der Waals surface area contributed by atoms with Crippen molar-refractivity contribution in [3.8, 4) is 23.3 Å². The van der Waals surface area contributed by atoms with Crippen LogP contribution in [-0.4, -0.2) is 11.7 Å². The number of nitrogen functional groups attached to an aromatic ring is 1. The molecule has 2 aromatic carbocycles. The molecule has 4 rings (SSSR count). The fourth-order valence-corrected chi connectivity index (χ4v) is 3.13. The van der Waals surface area contributed by atoms with E-state index in [1.54, 1.807) is 18.2 Å². The number of allylic oxidation sites excluding steroid dienone is 1. The van der Waals surface area contributed by atoms with Crippen LogP contribution < -0.4 is 25.7 Å². The molecular formula is C17H12N4O5. The lowest BCUT2D eigenvalue weighted by Gasteiger charge is -2.26. The number of rotatable bonds is 2. The lowest BCUT2D eigenvalue weighted by Crippen LogP contribution is -2.21. The Labute approximate surface area is 147 Å². The summed E-state index contributed by atoms with van der Waals surface area (Å²) in [6, 6.07) is 9.63. The molecule has 0 radical (unpaired) electrons. The predicted octanol–water partition coefficient (Wildman–Crippen LogP) is 2.12. The molecule has 4 N–H and O–H groups in total. The van der Waals surface area contributed by atoms with Crippen LogP contribution in [0.15, 0.2) is 41.8 Å². The van der Waals surface area contributed by atoms with Gasteiger partial charge in [0.05, 0.1) is 16.9 Å². The van der Waals surface area contributed by atoms with Gasteiger partial charge in [-0.1, -0.05) is 6.07 Å². The van der Waals surface area contributed by atoms with E-state index in [2.05, 4.69) is 0 Å². The first-order chi connectivity index (χ1) is 12.5. The second-order valence-corrected chi connectivity index (χ2v) is 5.74. The molecule has 26 heavy (non-hydrogen) atoms. The number of nitrogens with zero attached hydrogens (tertiary/aromatic N) is 2. The van der Waals surface area contributed by atoms with Gasteiger partial charge in [-0.2, -0.15) is 5.26 Å². The summed E-state index contributed by atoms with van der Waals surface area (Å²) < 4.78 is 16.1. The average Bonchev–Trinajstić information content (AvgIpc) is 3.06. The Morgan fingerprint density at radius 1 is 1.12 bits per heavy atom. The van der Waals surface area contributed by atoms with Gasteiger partial charge in [-0.25, -0.2) is 0 Å². The van der Waals surface area contributed by atoms with E-state index in [0.717, 1.165) is 0 Å². The van der Waals surface area contributed by atoms with Crippen LogP contribution in [0.3, 0.4) is 0 Å². The molecule has 0 spiro atoms. The molecule has 0 aromatic heterocycles. The molecular weight excluding hydrogens is 340 g/mol. The van der Waals surface area contributed by atoms with Crippen LogP contribution in [0.1, 0.15) is 17.0 Å². The van der Waals surface area contributed by atoms with Crippen LogP contribution in [-0.2, 0) is 0 Å². The fourth-order valence-electron chi connectivity index (χ4n) is 3.13. The molecule has 1 atom stereocenters. The summed E-state index contributed by atoms with van der Waals surface area (Å²) in [6.45, 7) is -0.0279. The summed E-state index contributed by atoms with van der Waals surface area (Å²) in [4.78, 5) is 11.1. The van der Waals surface area contributed by atoms with Crippen LogP contribution >= 0.6 is 0 Å². The highest BCUT2D eigenvalue weighted by Crippen LogP contribution is 2.48. The van der Waals surface area contributed by atoms with Crippen LogP contribution in [0.2, 0.25) is 0 Å². The van der Waals surface area contributed by atoms with Crippen molar-refractivity contribution in [1.82, 2.24) is 0 Å². The van der Waals surface area contributed by atoms with Crippen molar-refractivity contribution in [3.05, 3.63) is 63.0 Å². The zero-order chi connectivity index (χ0) is 18.4. The molecule has 2 heterocycles. The van der Waals surface area contributed by atoms with Crippen molar-refractivity contribution in [1.29, 1.82) is 5.26 Å². The van der Waals surface area contributed by atoms with Gasteiger partial charge in [0.15, 0.2) is 11.5 Å². The minimum absolute atomic E-state index is 0.0279. The predicted molar refractivity (Wildman–Crippen MR) is 89.4 cm³/mol. The highest BCUT2D eigenvalue weighted by Gasteiger charge is 2.36. The maximum absolute atomic E-state index is 11.6. The molecule has 2 aliphatic rings. The van der Waals surface area contributed by atoms with E-state index in [1.807, 2.05) is 6.07 Å². The summed E-state index contributed by atoms with van der Waals surface area (Å²) in [7, 11) is 0. The Morgan fingerprint density at radius 3 is 2.54 bits per heavy atom. The summed E-state index contributed by atoms with van der Waals surface area (Å²) in [6.07, 6.45) is 0. The van der Waals surface area contributed by atoms with Crippen LogP contribution in [0.5, 0.6) is 17.2 Å². The molecule has 9 nitrogen and oxygen atoms in total. The Kier molecular flexibility index (Phi) is 3.33. The van der Waals surface area contributed by atoms with Gasteiger partial charge >= 0.3 is 0 Å². The Bertz CT molecular complexity index is 1020. The second-order valence-electron chi connectivity index (χ2n) is 5.74. The topological polar surface area (TPSA) is 147 Å². The minimum atomic E-state index is -0.792. The lowest BCUT2D eigenvalue weighted by atomic mass is 9.82. The molecule has 0 saturated carbocycles. The maximum Gasteiger partial charge on any atom is 0.277 e. The number of hydrogen-bond donors (Lipinski definition) is 2. The Morgan fingerprint density at radius 2 is 1.85 bits per heavy atom. The van der Waals surface area contributed by atoms with E-state index in [-0.39, 0.29) is 35.2 Å². The average molecular weight is 352 g/mol. The van der Waals surface area contributed by atoms with Gasteiger partial charge in [-0.3, -0.25) is 10.1 Å². The number of nitro benzene ring substituents is 1. The molecule has 2 aliphatic heterocycles. The highest BCUT2D eigenvalue weighted by molar-refractivity contribution is 5.65. The summed E-state index contributed by atoms with van der Waals surface area (Å²) in [5, 5.41) is 21.2. The molecule has 0 unspecified atom stereocenters. The molecule has 9 heteroatoms. The zero-order valence-electron chi connectivity index (χ0n) is 13.3. The monoisotopic (exact) mass is 352 g/mol. The summed E-state index contributed by atoms with van der Waals surface area (Å²) in [5.41, 5.74) is 12.8. The molecule has 0 fully saturated rings. The van der Waals surface area contributed by atoms with Crippen molar-refractivity contribution in [3.63, 3.8) is 0 Å². The van der Waals surface area contributed by atoms with Crippen molar-refractivity contribution >= 4 is 11.4 Å². The van der Waals surface area contributed by atoms with Crippen molar-refractivity contribution in [2.24, 2.45) is 5.73 Å². The maximum atomic E-state index is 11.6. The molecule has 0 saturated heterocycles. The first-order valence-electron chi connectivity index (χ1n) is 7.54. The van der Waals surface area contributed by atoms with Crippen LogP contribution in [0.25, 0.3) is 0 Å². The van der Waals surface area contributed by atoms with Crippen molar-refractivity contribution in [2.75, 3.05) is 12.5 Å². The van der Waals surface area contributed by atoms with Gasteiger partial charge in [-0.15, -0.1) is 0 Å². The van der Waals surface area contributed by atoms with Gasteiger partial charge in [0.1, 0.15) is 17.4 Å². The van der Waals surface area contributed by atoms with Crippen LogP contribution in [0.4, 0.5) is 11.4 Å². The number of nitrogens with two attached hydrogens (primary N) is 2. The zero-order valence-corrected chi connectivity index (χ0v) is 13.3. The smallest absolute Gasteiger partial charge is 0.277 e. The van der Waals surface area contributed by atoms with E-state index < -0.39 is 10.8 Å². The quantitative estimate of drug-likeness (QED) is 0.474. The number of ether oxygens (including phenoxy) is 3. The Hall–Kier alpha value is -3.93. The number of anilines is 1. The van der Waals surface area contributed by atoms with E-state index in [1.165, 1.54) is 12.1 Å². The van der Waals surface area contributed by atoms with Crippen molar-refractivity contribution < 1.29 is 19.1 Å². The van der Waals surface area contributed by atoms with Gasteiger partial charge in [0.2, 0.25) is 12.7 Å². The summed E-state index contributed by atoms with van der Waals surface area (Å²) in [5.74, 6) is 0.0747. The molecule has 2 aromatic rings. The fraction of sp³-hybridized carbons (Fsp3) is 0.118. The lowest BCUT2D eigenvalue weighted by molar-refractivity contribution is -0.385. The first kappa shape index (κ1) is 15.6. The minimum Gasteiger partial charge on any atom is -0.454 e. The molecule has 0 bridgehead atoms. The van der Waals surface area contributed by atoms with E-state index in [0.29, 0.717) is 22.7 Å². The van der Waals surface area contributed by atoms with Gasteiger partial charge in [0.25, 0.3) is 5.69 Å². The molecule has 0 aliphatic carbocycles. The molecule has 130 valence electrons.